The van der Waals surface area contributed by atoms with Crippen LogP contribution in [0.15, 0.2) is 11.0 Å². The van der Waals surface area contributed by atoms with Crippen molar-refractivity contribution in [2.45, 2.75) is 64.5 Å². The van der Waals surface area contributed by atoms with E-state index in [2.05, 4.69) is 35.8 Å². The van der Waals surface area contributed by atoms with Gasteiger partial charge in [0.1, 0.15) is 5.39 Å². The first-order valence-electron chi connectivity index (χ1n) is 8.09. The zero-order valence-electron chi connectivity index (χ0n) is 13.9. The fourth-order valence-electron chi connectivity index (χ4n) is 3.21. The van der Waals surface area contributed by atoms with Crippen molar-refractivity contribution in [1.82, 2.24) is 19.7 Å². The average molecular weight is 303 g/mol. The minimum Gasteiger partial charge on any atom is -0.342 e. The smallest absolute Gasteiger partial charge is 0.263 e. The molecule has 1 aliphatic carbocycles. The Labute approximate surface area is 130 Å². The monoisotopic (exact) mass is 303 g/mol. The van der Waals surface area contributed by atoms with Crippen LogP contribution in [0, 0.1) is 0 Å². The molecule has 1 saturated carbocycles. The van der Waals surface area contributed by atoms with Gasteiger partial charge in [-0.05, 0) is 33.6 Å². The molecule has 0 saturated heterocycles. The van der Waals surface area contributed by atoms with Gasteiger partial charge in [0.2, 0.25) is 5.95 Å². The van der Waals surface area contributed by atoms with Crippen molar-refractivity contribution in [2.24, 2.45) is 0 Å². The van der Waals surface area contributed by atoms with Crippen LogP contribution in [0.5, 0.6) is 0 Å². The van der Waals surface area contributed by atoms with E-state index in [0.717, 1.165) is 12.8 Å². The molecule has 0 unspecified atom stereocenters. The van der Waals surface area contributed by atoms with Crippen molar-refractivity contribution < 1.29 is 0 Å². The number of anilines is 1. The highest BCUT2D eigenvalue weighted by Crippen LogP contribution is 2.25. The third-order valence-corrected chi connectivity index (χ3v) is 4.52. The topological polar surface area (TPSA) is 66.8 Å². The molecule has 3 rings (SSSR count). The molecule has 6 heteroatoms. The van der Waals surface area contributed by atoms with Gasteiger partial charge in [-0.3, -0.25) is 9.78 Å². The van der Waals surface area contributed by atoms with Gasteiger partial charge in [0.25, 0.3) is 5.56 Å². The number of nitrogens with one attached hydrogen (secondary N) is 1. The Morgan fingerprint density at radius 1 is 1.27 bits per heavy atom. The molecule has 0 aromatic carbocycles. The zero-order valence-corrected chi connectivity index (χ0v) is 13.9. The average Bonchev–Trinajstić information content (AvgIpc) is 2.92. The Morgan fingerprint density at radius 3 is 2.59 bits per heavy atom. The highest BCUT2D eigenvalue weighted by Gasteiger charge is 2.23. The van der Waals surface area contributed by atoms with Gasteiger partial charge in [-0.25, -0.2) is 4.68 Å². The summed E-state index contributed by atoms with van der Waals surface area (Å²) < 4.78 is 1.83. The zero-order chi connectivity index (χ0) is 15.9. The number of rotatable bonds is 2. The first kappa shape index (κ1) is 15.1. The van der Waals surface area contributed by atoms with E-state index in [1.54, 1.807) is 6.20 Å². The summed E-state index contributed by atoms with van der Waals surface area (Å²) in [6.07, 6.45) is 7.75. The number of hydrogen-bond acceptors (Lipinski definition) is 4. The number of fused-ring (bicyclic) bond motifs is 1. The standard InChI is InChI=1S/C16H25N5O/c1-16(2,3)21-13-12(10-17-21)14(22)19-15(18-13)20(4)11-8-6-5-7-9-11/h10-11H,5-9H2,1-4H3,(H,18,19,22). The molecule has 2 aromatic heterocycles. The maximum Gasteiger partial charge on any atom is 0.263 e. The van der Waals surface area contributed by atoms with E-state index in [-0.39, 0.29) is 11.1 Å². The lowest BCUT2D eigenvalue weighted by molar-refractivity contribution is 0.365. The predicted octanol–water partition coefficient (Wildman–Crippen LogP) is 2.64. The van der Waals surface area contributed by atoms with E-state index in [4.69, 9.17) is 4.98 Å². The van der Waals surface area contributed by atoms with Gasteiger partial charge >= 0.3 is 0 Å². The van der Waals surface area contributed by atoms with Crippen LogP contribution >= 0.6 is 0 Å². The Hall–Kier alpha value is -1.85. The van der Waals surface area contributed by atoms with Crippen molar-refractivity contribution in [3.05, 3.63) is 16.6 Å². The maximum atomic E-state index is 12.4. The van der Waals surface area contributed by atoms with Crippen LogP contribution in [0.2, 0.25) is 0 Å². The lowest BCUT2D eigenvalue weighted by atomic mass is 9.95. The molecule has 2 aromatic rings. The van der Waals surface area contributed by atoms with E-state index in [0.29, 0.717) is 23.0 Å². The highest BCUT2D eigenvalue weighted by molar-refractivity contribution is 5.74. The van der Waals surface area contributed by atoms with Gasteiger partial charge in [0, 0.05) is 13.1 Å². The molecule has 22 heavy (non-hydrogen) atoms. The molecule has 0 amide bonds. The molecule has 1 N–H and O–H groups in total. The Bertz CT molecular complexity index is 718. The summed E-state index contributed by atoms with van der Waals surface area (Å²) >= 11 is 0. The summed E-state index contributed by atoms with van der Waals surface area (Å²) in [6.45, 7) is 6.19. The second-order valence-corrected chi connectivity index (χ2v) is 7.26. The van der Waals surface area contributed by atoms with Crippen molar-refractivity contribution in [1.29, 1.82) is 0 Å². The summed E-state index contributed by atoms with van der Waals surface area (Å²) in [4.78, 5) is 22.1. The van der Waals surface area contributed by atoms with Crippen LogP contribution in [0.4, 0.5) is 5.95 Å². The third kappa shape index (κ3) is 2.62. The normalized spacial score (nSPS) is 17.1. The highest BCUT2D eigenvalue weighted by atomic mass is 16.1. The molecule has 0 bridgehead atoms. The molecule has 0 aliphatic heterocycles. The molecule has 0 spiro atoms. The SMILES string of the molecule is CN(c1nc2c(cnn2C(C)(C)C)c(=O)[nH]1)C1CCCCC1. The molecular formula is C16H25N5O. The number of hydrogen-bond donors (Lipinski definition) is 1. The Morgan fingerprint density at radius 2 is 1.95 bits per heavy atom. The van der Waals surface area contributed by atoms with Crippen LogP contribution in [0.1, 0.15) is 52.9 Å². The minimum absolute atomic E-state index is 0.113. The summed E-state index contributed by atoms with van der Waals surface area (Å²) in [6, 6.07) is 0.459. The Kier molecular flexibility index (Phi) is 3.70. The number of aromatic amines is 1. The van der Waals surface area contributed by atoms with Gasteiger partial charge in [0.05, 0.1) is 11.7 Å². The van der Waals surface area contributed by atoms with Gasteiger partial charge in [-0.1, -0.05) is 19.3 Å². The van der Waals surface area contributed by atoms with Crippen molar-refractivity contribution in [3.8, 4) is 0 Å². The summed E-state index contributed by atoms with van der Waals surface area (Å²) in [7, 11) is 2.03. The summed E-state index contributed by atoms with van der Waals surface area (Å²) in [5.74, 6) is 0.649. The largest absolute Gasteiger partial charge is 0.342 e. The van der Waals surface area contributed by atoms with Crippen LogP contribution in [-0.2, 0) is 5.54 Å². The molecule has 2 heterocycles. The summed E-state index contributed by atoms with van der Waals surface area (Å²) in [5, 5.41) is 4.91. The molecule has 1 aliphatic rings. The van der Waals surface area contributed by atoms with Crippen molar-refractivity contribution in [2.75, 3.05) is 11.9 Å². The predicted molar refractivity (Wildman–Crippen MR) is 88.4 cm³/mol. The minimum atomic E-state index is -0.205. The van der Waals surface area contributed by atoms with Gasteiger partial charge in [-0.15, -0.1) is 0 Å². The second-order valence-electron chi connectivity index (χ2n) is 7.26. The third-order valence-electron chi connectivity index (χ3n) is 4.52. The van der Waals surface area contributed by atoms with Crippen molar-refractivity contribution in [3.63, 3.8) is 0 Å². The van der Waals surface area contributed by atoms with E-state index in [1.807, 2.05) is 11.7 Å². The van der Waals surface area contributed by atoms with Gasteiger partial charge < -0.3 is 4.90 Å². The second kappa shape index (κ2) is 5.41. The summed E-state index contributed by atoms with van der Waals surface area (Å²) in [5.41, 5.74) is 0.343. The molecule has 6 nitrogen and oxygen atoms in total. The van der Waals surface area contributed by atoms with Gasteiger partial charge in [-0.2, -0.15) is 10.1 Å². The van der Waals surface area contributed by atoms with E-state index in [1.165, 1.54) is 19.3 Å². The fourth-order valence-corrected chi connectivity index (χ4v) is 3.21. The maximum absolute atomic E-state index is 12.4. The van der Waals surface area contributed by atoms with Crippen LogP contribution in [0.3, 0.4) is 0 Å². The molecule has 120 valence electrons. The molecular weight excluding hydrogens is 278 g/mol. The lowest BCUT2D eigenvalue weighted by Gasteiger charge is -2.31. The molecule has 0 radical (unpaired) electrons. The molecule has 0 atom stereocenters. The lowest BCUT2D eigenvalue weighted by Crippen LogP contribution is -2.36. The van der Waals surface area contributed by atoms with E-state index >= 15 is 0 Å². The first-order chi connectivity index (χ1) is 10.4. The number of aromatic nitrogens is 4. The molecule has 1 fully saturated rings. The van der Waals surface area contributed by atoms with E-state index < -0.39 is 0 Å². The van der Waals surface area contributed by atoms with E-state index in [9.17, 15) is 4.79 Å². The fraction of sp³-hybridized carbons (Fsp3) is 0.688. The first-order valence-corrected chi connectivity index (χ1v) is 8.09. The van der Waals surface area contributed by atoms with Crippen LogP contribution < -0.4 is 10.5 Å². The van der Waals surface area contributed by atoms with Crippen LogP contribution in [-0.4, -0.2) is 32.8 Å². The van der Waals surface area contributed by atoms with Gasteiger partial charge in [0.15, 0.2) is 5.65 Å². The number of nitrogens with zero attached hydrogens (tertiary/aromatic N) is 4. The van der Waals surface area contributed by atoms with Crippen LogP contribution in [0.25, 0.3) is 11.0 Å². The Balaban J connectivity index is 2.05. The quantitative estimate of drug-likeness (QED) is 0.926. The van der Waals surface area contributed by atoms with Crippen molar-refractivity contribution >= 4 is 17.0 Å². The number of H-pyrrole nitrogens is 1.